The van der Waals surface area contributed by atoms with E-state index in [1.54, 1.807) is 0 Å². The summed E-state index contributed by atoms with van der Waals surface area (Å²) in [6.45, 7) is 0. The Morgan fingerprint density at radius 3 is 1.81 bits per heavy atom. The van der Waals surface area contributed by atoms with Crippen LogP contribution in [0.2, 0.25) is 0 Å². The summed E-state index contributed by atoms with van der Waals surface area (Å²) in [5.74, 6) is -6.96. The molecule has 10 heteroatoms. The van der Waals surface area contributed by atoms with Gasteiger partial charge >= 0.3 is 6.36 Å². The minimum absolute atomic E-state index is 0.0511. The number of rotatable bonds is 5. The normalized spacial score (nSPS) is 43.1. The highest BCUT2D eigenvalue weighted by Crippen LogP contribution is 2.50. The van der Waals surface area contributed by atoms with Crippen molar-refractivity contribution in [3.63, 3.8) is 0 Å². The molecular weight excluding hydrogens is 456 g/mol. The minimum atomic E-state index is -5.00. The van der Waals surface area contributed by atoms with Crippen molar-refractivity contribution in [1.82, 2.24) is 0 Å². The van der Waals surface area contributed by atoms with E-state index in [4.69, 9.17) is 11.6 Å². The molecule has 3 fully saturated rings. The highest BCUT2D eigenvalue weighted by Gasteiger charge is 2.55. The average Bonchev–Trinajstić information content (AvgIpc) is 2.62. The van der Waals surface area contributed by atoms with Crippen molar-refractivity contribution in [3.8, 4) is 0 Å². The van der Waals surface area contributed by atoms with Crippen molar-refractivity contribution < 1.29 is 39.9 Å². The molecule has 0 spiro atoms. The van der Waals surface area contributed by atoms with E-state index in [0.29, 0.717) is 0 Å². The fraction of sp³-hybridized carbons (Fsp3) is 1.00. The van der Waals surface area contributed by atoms with Gasteiger partial charge in [0.05, 0.1) is 12.0 Å². The van der Waals surface area contributed by atoms with Crippen molar-refractivity contribution >= 4 is 11.6 Å². The Morgan fingerprint density at radius 2 is 1.29 bits per heavy atom. The molecule has 5 atom stereocenters. The quantitative estimate of drug-likeness (QED) is 0.289. The highest BCUT2D eigenvalue weighted by atomic mass is 35.5. The monoisotopic (exact) mass is 484 g/mol. The Hall–Kier alpha value is -0.310. The van der Waals surface area contributed by atoms with Crippen molar-refractivity contribution in [1.29, 1.82) is 0 Å². The lowest BCUT2D eigenvalue weighted by Crippen LogP contribution is -2.49. The third-order valence-corrected chi connectivity index (χ3v) is 7.79. The first kappa shape index (κ1) is 25.3. The summed E-state index contributed by atoms with van der Waals surface area (Å²) in [5, 5.41) is 0.0511. The Morgan fingerprint density at radius 1 is 0.710 bits per heavy atom. The molecule has 0 aliphatic heterocycles. The van der Waals surface area contributed by atoms with E-state index >= 15 is 0 Å². The zero-order valence-corrected chi connectivity index (χ0v) is 17.8. The molecule has 3 aliphatic carbocycles. The molecular formula is C21H29ClF8O. The molecule has 0 aromatic rings. The molecule has 3 rings (SSSR count). The molecule has 0 radical (unpaired) electrons. The topological polar surface area (TPSA) is 9.23 Å². The van der Waals surface area contributed by atoms with Gasteiger partial charge in [-0.25, -0.2) is 22.0 Å². The van der Waals surface area contributed by atoms with E-state index in [1.165, 1.54) is 0 Å². The molecule has 3 aliphatic rings. The Labute approximate surface area is 182 Å². The Bertz CT molecular complexity index is 568. The Balaban J connectivity index is 1.55. The van der Waals surface area contributed by atoms with Crippen LogP contribution in [0.4, 0.5) is 35.1 Å². The smallest absolute Gasteiger partial charge is 0.286 e. The lowest BCUT2D eigenvalue weighted by Gasteiger charge is -2.43. The van der Waals surface area contributed by atoms with Gasteiger partial charge in [0.1, 0.15) is 18.5 Å². The van der Waals surface area contributed by atoms with Gasteiger partial charge in [0.2, 0.25) is 0 Å². The van der Waals surface area contributed by atoms with E-state index in [2.05, 4.69) is 4.74 Å². The van der Waals surface area contributed by atoms with Gasteiger partial charge in [0.25, 0.3) is 5.92 Å². The lowest BCUT2D eigenvalue weighted by molar-refractivity contribution is -0.352. The number of hydrogen-bond donors (Lipinski definition) is 0. The molecule has 0 heterocycles. The van der Waals surface area contributed by atoms with Gasteiger partial charge in [-0.1, -0.05) is 0 Å². The lowest BCUT2D eigenvalue weighted by atomic mass is 9.67. The maximum absolute atomic E-state index is 14.9. The molecule has 0 amide bonds. The van der Waals surface area contributed by atoms with Crippen LogP contribution in [0.1, 0.15) is 64.2 Å². The summed E-state index contributed by atoms with van der Waals surface area (Å²) in [7, 11) is 0. The second-order valence-electron chi connectivity index (χ2n) is 9.56. The van der Waals surface area contributed by atoms with Crippen LogP contribution in [-0.4, -0.2) is 42.3 Å². The maximum atomic E-state index is 14.9. The van der Waals surface area contributed by atoms with Crippen molar-refractivity contribution in [2.45, 2.75) is 106 Å². The zero-order chi connectivity index (χ0) is 23.0. The predicted molar refractivity (Wildman–Crippen MR) is 100 cm³/mol. The SMILES string of the molecule is FC1CC(CC(F)(F)C2C(F)CC(C3CCC(Cl)CC3)CC2F)CCC1OC(F)(F)F. The summed E-state index contributed by atoms with van der Waals surface area (Å²) in [4.78, 5) is 0. The summed E-state index contributed by atoms with van der Waals surface area (Å²) in [5.41, 5.74) is 0. The van der Waals surface area contributed by atoms with E-state index < -0.39 is 61.6 Å². The first-order chi connectivity index (χ1) is 14.4. The largest absolute Gasteiger partial charge is 0.522 e. The van der Waals surface area contributed by atoms with Crippen molar-refractivity contribution in [2.75, 3.05) is 0 Å². The van der Waals surface area contributed by atoms with Gasteiger partial charge in [-0.3, -0.25) is 4.74 Å². The fourth-order valence-electron chi connectivity index (χ4n) is 5.84. The molecule has 3 saturated carbocycles. The molecule has 0 aromatic carbocycles. The second kappa shape index (κ2) is 9.90. The van der Waals surface area contributed by atoms with Crippen LogP contribution in [0, 0.1) is 23.7 Å². The molecule has 5 unspecified atom stereocenters. The molecule has 0 N–H and O–H groups in total. The Kier molecular flexibility index (Phi) is 8.08. The first-order valence-electron chi connectivity index (χ1n) is 11.0. The third-order valence-electron chi connectivity index (χ3n) is 7.36. The summed E-state index contributed by atoms with van der Waals surface area (Å²) >= 11 is 6.07. The number of halogens is 9. The molecule has 182 valence electrons. The standard InChI is InChI=1S/C21H29ClF8O/c22-14-4-2-12(3-5-14)13-8-16(24)19(17(25)9-13)20(26,27)10-11-1-6-18(15(23)7-11)31-21(28,29)30/h11-19H,1-10H2. The van der Waals surface area contributed by atoms with Gasteiger partial charge in [0.15, 0.2) is 0 Å². The molecule has 0 bridgehead atoms. The van der Waals surface area contributed by atoms with Crippen LogP contribution in [0.15, 0.2) is 0 Å². The van der Waals surface area contributed by atoms with Gasteiger partial charge in [-0.05, 0) is 75.5 Å². The first-order valence-corrected chi connectivity index (χ1v) is 11.5. The molecule has 0 saturated heterocycles. The number of ether oxygens (including phenoxy) is 1. The predicted octanol–water partition coefficient (Wildman–Crippen LogP) is 7.56. The number of alkyl halides is 9. The van der Waals surface area contributed by atoms with Crippen LogP contribution in [0.5, 0.6) is 0 Å². The van der Waals surface area contributed by atoms with E-state index in [0.717, 1.165) is 25.7 Å². The fourth-order valence-corrected chi connectivity index (χ4v) is 6.09. The van der Waals surface area contributed by atoms with Crippen molar-refractivity contribution in [2.24, 2.45) is 23.7 Å². The second-order valence-corrected chi connectivity index (χ2v) is 10.2. The highest BCUT2D eigenvalue weighted by molar-refractivity contribution is 6.20. The van der Waals surface area contributed by atoms with Gasteiger partial charge in [-0.2, -0.15) is 0 Å². The van der Waals surface area contributed by atoms with Crippen LogP contribution in [0.25, 0.3) is 0 Å². The maximum Gasteiger partial charge on any atom is 0.522 e. The van der Waals surface area contributed by atoms with Crippen LogP contribution in [0.3, 0.4) is 0 Å². The van der Waals surface area contributed by atoms with Crippen LogP contribution >= 0.6 is 11.6 Å². The van der Waals surface area contributed by atoms with Crippen LogP contribution < -0.4 is 0 Å². The van der Waals surface area contributed by atoms with E-state index in [9.17, 15) is 35.1 Å². The van der Waals surface area contributed by atoms with E-state index in [-0.39, 0.29) is 42.9 Å². The number of hydrogen-bond acceptors (Lipinski definition) is 1. The molecule has 0 aromatic heterocycles. The zero-order valence-electron chi connectivity index (χ0n) is 17.1. The van der Waals surface area contributed by atoms with E-state index in [1.807, 2.05) is 0 Å². The van der Waals surface area contributed by atoms with Crippen LogP contribution in [-0.2, 0) is 4.74 Å². The summed E-state index contributed by atoms with van der Waals surface area (Å²) in [6.07, 6.45) is -12.0. The molecule has 1 nitrogen and oxygen atoms in total. The molecule has 31 heavy (non-hydrogen) atoms. The minimum Gasteiger partial charge on any atom is -0.286 e. The summed E-state index contributed by atoms with van der Waals surface area (Å²) < 4.78 is 114. The summed E-state index contributed by atoms with van der Waals surface area (Å²) in [6, 6.07) is 0. The van der Waals surface area contributed by atoms with Gasteiger partial charge in [0, 0.05) is 11.8 Å². The van der Waals surface area contributed by atoms with Crippen molar-refractivity contribution in [3.05, 3.63) is 0 Å². The van der Waals surface area contributed by atoms with Gasteiger partial charge in [-0.15, -0.1) is 24.8 Å². The third kappa shape index (κ3) is 6.61. The average molecular weight is 485 g/mol. The van der Waals surface area contributed by atoms with Gasteiger partial charge < -0.3 is 0 Å².